The fourth-order valence-electron chi connectivity index (χ4n) is 3.76. The van der Waals surface area contributed by atoms with E-state index < -0.39 is 0 Å². The summed E-state index contributed by atoms with van der Waals surface area (Å²) in [4.78, 5) is 27.8. The monoisotopic (exact) mass is 352 g/mol. The molecule has 7 nitrogen and oxygen atoms in total. The van der Waals surface area contributed by atoms with Gasteiger partial charge in [-0.1, -0.05) is 13.8 Å². The Balaban J connectivity index is 1.94. The number of pyridine rings is 2. The van der Waals surface area contributed by atoms with Crippen LogP contribution in [0, 0.1) is 0 Å². The number of aromatic nitrogens is 4. The molecule has 0 radical (unpaired) electrons. The van der Waals surface area contributed by atoms with Crippen LogP contribution in [0.15, 0.2) is 12.3 Å². The molecule has 0 unspecified atom stereocenters. The molecule has 136 valence electrons. The van der Waals surface area contributed by atoms with Crippen molar-refractivity contribution in [3.05, 3.63) is 18.1 Å². The Morgan fingerprint density at radius 2 is 2.04 bits per heavy atom. The predicted molar refractivity (Wildman–Crippen MR) is 103 cm³/mol. The Morgan fingerprint density at radius 3 is 2.73 bits per heavy atom. The average Bonchev–Trinajstić information content (AvgIpc) is 3.20. The first kappa shape index (κ1) is 16.8. The van der Waals surface area contributed by atoms with E-state index in [0.29, 0.717) is 17.8 Å². The minimum absolute atomic E-state index is 0.140. The van der Waals surface area contributed by atoms with Crippen LogP contribution in [0.25, 0.3) is 22.1 Å². The van der Waals surface area contributed by atoms with Crippen molar-refractivity contribution < 1.29 is 4.79 Å². The zero-order chi connectivity index (χ0) is 18.3. The molecule has 4 rings (SSSR count). The number of amides is 1. The van der Waals surface area contributed by atoms with Gasteiger partial charge >= 0.3 is 0 Å². The number of hydrogen-bond acceptors (Lipinski definition) is 5. The second-order valence-corrected chi connectivity index (χ2v) is 6.83. The molecule has 0 saturated carbocycles. The third-order valence-electron chi connectivity index (χ3n) is 4.91. The number of nitrogens with two attached hydrogens (primary N) is 1. The maximum absolute atomic E-state index is 12.0. The SMILES string of the molecule is CCCc1nc2c(N)nc3cc(N4CCCC4=O)cnc3c2n1CCC. The minimum atomic E-state index is 0.140. The normalized spacial score (nSPS) is 14.8. The molecule has 3 aromatic heterocycles. The van der Waals surface area contributed by atoms with Gasteiger partial charge in [0.2, 0.25) is 5.91 Å². The summed E-state index contributed by atoms with van der Waals surface area (Å²) in [6.45, 7) is 5.91. The average molecular weight is 352 g/mol. The molecule has 7 heteroatoms. The molecule has 2 N–H and O–H groups in total. The molecule has 0 aromatic carbocycles. The highest BCUT2D eigenvalue weighted by Crippen LogP contribution is 2.31. The van der Waals surface area contributed by atoms with Crippen molar-refractivity contribution in [2.45, 2.75) is 52.5 Å². The third kappa shape index (κ3) is 2.58. The standard InChI is InChI=1S/C19H24N6O/c1-3-6-14-23-17-18(25(14)8-4-2)16-13(22-19(17)20)10-12(11-21-16)24-9-5-7-15(24)26/h10-11H,3-9H2,1-2H3,(H2,20,22). The van der Waals surface area contributed by atoms with E-state index >= 15 is 0 Å². The van der Waals surface area contributed by atoms with Gasteiger partial charge in [0.25, 0.3) is 0 Å². The van der Waals surface area contributed by atoms with Gasteiger partial charge in [-0.25, -0.2) is 9.97 Å². The molecule has 1 aliphatic rings. The van der Waals surface area contributed by atoms with Crippen molar-refractivity contribution in [1.82, 2.24) is 19.5 Å². The Hall–Kier alpha value is -2.70. The summed E-state index contributed by atoms with van der Waals surface area (Å²) in [5, 5.41) is 0. The number of carbonyl (C=O) groups is 1. The van der Waals surface area contributed by atoms with Crippen LogP contribution in [0.1, 0.15) is 45.4 Å². The van der Waals surface area contributed by atoms with Crippen LogP contribution in [0.5, 0.6) is 0 Å². The molecule has 26 heavy (non-hydrogen) atoms. The molecular formula is C19H24N6O. The molecule has 4 heterocycles. The van der Waals surface area contributed by atoms with E-state index in [-0.39, 0.29) is 5.91 Å². The number of rotatable bonds is 5. The zero-order valence-electron chi connectivity index (χ0n) is 15.3. The van der Waals surface area contributed by atoms with Gasteiger partial charge in [-0.05, 0) is 25.3 Å². The summed E-state index contributed by atoms with van der Waals surface area (Å²) in [6.07, 6.45) is 6.17. The van der Waals surface area contributed by atoms with E-state index in [1.54, 1.807) is 11.1 Å². The maximum atomic E-state index is 12.0. The molecule has 1 aliphatic heterocycles. The Bertz CT molecular complexity index is 993. The van der Waals surface area contributed by atoms with Crippen LogP contribution >= 0.6 is 0 Å². The molecular weight excluding hydrogens is 328 g/mol. The number of aryl methyl sites for hydroxylation is 2. The van der Waals surface area contributed by atoms with Crippen LogP contribution in [-0.4, -0.2) is 32.0 Å². The van der Waals surface area contributed by atoms with E-state index in [1.165, 1.54) is 0 Å². The number of carbonyl (C=O) groups excluding carboxylic acids is 1. The molecule has 0 bridgehead atoms. The Labute approximate surface area is 152 Å². The van der Waals surface area contributed by atoms with Gasteiger partial charge in [0.05, 0.1) is 17.4 Å². The second kappa shape index (κ2) is 6.55. The first-order valence-corrected chi connectivity index (χ1v) is 9.38. The molecule has 1 saturated heterocycles. The Morgan fingerprint density at radius 1 is 1.19 bits per heavy atom. The number of fused-ring (bicyclic) bond motifs is 3. The van der Waals surface area contributed by atoms with Crippen molar-refractivity contribution >= 4 is 39.5 Å². The number of imidazole rings is 1. The van der Waals surface area contributed by atoms with Gasteiger partial charge in [0.1, 0.15) is 22.4 Å². The molecule has 3 aromatic rings. The first-order valence-electron chi connectivity index (χ1n) is 9.38. The molecule has 0 atom stereocenters. The Kier molecular flexibility index (Phi) is 4.22. The first-order chi connectivity index (χ1) is 12.6. The highest BCUT2D eigenvalue weighted by atomic mass is 16.2. The summed E-state index contributed by atoms with van der Waals surface area (Å²) < 4.78 is 2.23. The van der Waals surface area contributed by atoms with Crippen LogP contribution in [0.4, 0.5) is 11.5 Å². The van der Waals surface area contributed by atoms with Gasteiger partial charge in [0, 0.05) is 25.9 Å². The van der Waals surface area contributed by atoms with Crippen molar-refractivity contribution in [3.63, 3.8) is 0 Å². The molecule has 0 aliphatic carbocycles. The lowest BCUT2D eigenvalue weighted by molar-refractivity contribution is -0.117. The number of anilines is 2. The summed E-state index contributed by atoms with van der Waals surface area (Å²) in [7, 11) is 0. The van der Waals surface area contributed by atoms with Crippen LogP contribution < -0.4 is 10.6 Å². The van der Waals surface area contributed by atoms with E-state index in [1.807, 2.05) is 6.07 Å². The molecule has 1 amide bonds. The van der Waals surface area contributed by atoms with E-state index in [4.69, 9.17) is 10.7 Å². The van der Waals surface area contributed by atoms with Crippen molar-refractivity contribution in [3.8, 4) is 0 Å². The number of hydrogen-bond donors (Lipinski definition) is 1. The van der Waals surface area contributed by atoms with Crippen LogP contribution in [0.2, 0.25) is 0 Å². The van der Waals surface area contributed by atoms with Gasteiger partial charge in [-0.2, -0.15) is 0 Å². The zero-order valence-corrected chi connectivity index (χ0v) is 15.3. The summed E-state index contributed by atoms with van der Waals surface area (Å²) in [6, 6.07) is 1.92. The maximum Gasteiger partial charge on any atom is 0.227 e. The summed E-state index contributed by atoms with van der Waals surface area (Å²) in [5.74, 6) is 1.60. The lowest BCUT2D eigenvalue weighted by Crippen LogP contribution is -2.23. The summed E-state index contributed by atoms with van der Waals surface area (Å²) in [5.41, 5.74) is 10.2. The predicted octanol–water partition coefficient (Wildman–Crippen LogP) is 3.05. The van der Waals surface area contributed by atoms with Crippen LogP contribution in [0.3, 0.4) is 0 Å². The summed E-state index contributed by atoms with van der Waals surface area (Å²) >= 11 is 0. The topological polar surface area (TPSA) is 89.9 Å². The molecule has 0 spiro atoms. The molecule has 1 fully saturated rings. The number of nitrogen functional groups attached to an aromatic ring is 1. The van der Waals surface area contributed by atoms with Gasteiger partial charge < -0.3 is 15.2 Å². The van der Waals surface area contributed by atoms with E-state index in [2.05, 4.69) is 28.4 Å². The third-order valence-corrected chi connectivity index (χ3v) is 4.91. The largest absolute Gasteiger partial charge is 0.382 e. The fourth-order valence-corrected chi connectivity index (χ4v) is 3.76. The highest BCUT2D eigenvalue weighted by molar-refractivity contribution is 6.06. The lowest BCUT2D eigenvalue weighted by atomic mass is 10.2. The van der Waals surface area contributed by atoms with E-state index in [9.17, 15) is 4.79 Å². The van der Waals surface area contributed by atoms with Crippen molar-refractivity contribution in [1.29, 1.82) is 0 Å². The minimum Gasteiger partial charge on any atom is -0.382 e. The van der Waals surface area contributed by atoms with Crippen molar-refractivity contribution in [2.24, 2.45) is 0 Å². The smallest absolute Gasteiger partial charge is 0.227 e. The van der Waals surface area contributed by atoms with Gasteiger partial charge in [0.15, 0.2) is 5.82 Å². The fraction of sp³-hybridized carbons (Fsp3) is 0.474. The second-order valence-electron chi connectivity index (χ2n) is 6.83. The van der Waals surface area contributed by atoms with Crippen molar-refractivity contribution in [2.75, 3.05) is 17.2 Å². The number of nitrogens with zero attached hydrogens (tertiary/aromatic N) is 5. The highest BCUT2D eigenvalue weighted by Gasteiger charge is 2.23. The van der Waals surface area contributed by atoms with Gasteiger partial charge in [-0.3, -0.25) is 9.78 Å². The quantitative estimate of drug-likeness (QED) is 0.762. The van der Waals surface area contributed by atoms with Crippen LogP contribution in [-0.2, 0) is 17.8 Å². The van der Waals surface area contributed by atoms with Gasteiger partial charge in [-0.15, -0.1) is 0 Å². The van der Waals surface area contributed by atoms with E-state index in [0.717, 1.165) is 66.8 Å². The lowest BCUT2D eigenvalue weighted by Gasteiger charge is -2.16.